The largest absolute Gasteiger partial charge is 0.392 e. The number of aliphatic hydroxyl groups is 1. The molecular weight excluding hydrogens is 298 g/mol. The minimum atomic E-state index is -0.462. The summed E-state index contributed by atoms with van der Waals surface area (Å²) in [5.41, 5.74) is 1.72. The zero-order valence-corrected chi connectivity index (χ0v) is 12.0. The molecule has 0 saturated heterocycles. The zero-order valence-electron chi connectivity index (χ0n) is 10.5. The van der Waals surface area contributed by atoms with Gasteiger partial charge in [-0.15, -0.1) is 11.8 Å². The van der Waals surface area contributed by atoms with E-state index in [-0.39, 0.29) is 12.3 Å². The van der Waals surface area contributed by atoms with E-state index in [1.54, 1.807) is 17.8 Å². The van der Waals surface area contributed by atoms with E-state index in [0.29, 0.717) is 10.8 Å². The summed E-state index contributed by atoms with van der Waals surface area (Å²) in [7, 11) is 0. The Balaban J connectivity index is 2.04. The number of aliphatic hydroxyl groups excluding tert-OH is 1. The highest BCUT2D eigenvalue weighted by molar-refractivity contribution is 7.98. The van der Waals surface area contributed by atoms with Gasteiger partial charge in [-0.2, -0.15) is 0 Å². The molecule has 0 unspecified atom stereocenters. The van der Waals surface area contributed by atoms with Crippen LogP contribution in [0.2, 0.25) is 5.02 Å². The first-order chi connectivity index (χ1) is 9.60. The molecule has 0 aliphatic carbocycles. The molecule has 2 aromatic rings. The van der Waals surface area contributed by atoms with Crippen LogP contribution in [0.3, 0.4) is 0 Å². The van der Waals surface area contributed by atoms with Crippen LogP contribution in [0, 0.1) is 10.1 Å². The van der Waals surface area contributed by atoms with Crippen LogP contribution >= 0.6 is 23.4 Å². The molecule has 2 rings (SSSR count). The summed E-state index contributed by atoms with van der Waals surface area (Å²) in [5, 5.41) is 20.0. The van der Waals surface area contributed by atoms with Gasteiger partial charge in [0.1, 0.15) is 0 Å². The van der Waals surface area contributed by atoms with E-state index in [2.05, 4.69) is 0 Å². The molecule has 0 saturated carbocycles. The third-order valence-electron chi connectivity index (χ3n) is 2.75. The summed E-state index contributed by atoms with van der Waals surface area (Å²) in [5.74, 6) is 0.634. The summed E-state index contributed by atoms with van der Waals surface area (Å²) in [6.45, 7) is 0.0269. The molecule has 0 radical (unpaired) electrons. The summed E-state index contributed by atoms with van der Waals surface area (Å²) < 4.78 is 0. The third kappa shape index (κ3) is 3.72. The lowest BCUT2D eigenvalue weighted by Gasteiger charge is -2.05. The second-order valence-corrected chi connectivity index (χ2v) is 5.58. The average Bonchev–Trinajstić information content (AvgIpc) is 2.46. The smallest absolute Gasteiger partial charge is 0.270 e. The number of nitro benzene ring substituents is 1. The maximum Gasteiger partial charge on any atom is 0.270 e. The number of hydrogen-bond donors (Lipinski definition) is 1. The Kier molecular flexibility index (Phi) is 5.00. The van der Waals surface area contributed by atoms with E-state index in [1.807, 2.05) is 24.3 Å². The van der Waals surface area contributed by atoms with Crippen molar-refractivity contribution >= 4 is 29.1 Å². The number of nitrogens with zero attached hydrogens (tertiary/aromatic N) is 1. The highest BCUT2D eigenvalue weighted by atomic mass is 35.5. The number of rotatable bonds is 5. The van der Waals surface area contributed by atoms with E-state index in [0.717, 1.165) is 16.0 Å². The topological polar surface area (TPSA) is 63.4 Å². The number of hydrogen-bond acceptors (Lipinski definition) is 4. The van der Waals surface area contributed by atoms with Gasteiger partial charge in [-0.1, -0.05) is 23.7 Å². The van der Waals surface area contributed by atoms with Gasteiger partial charge in [0.2, 0.25) is 0 Å². The molecule has 1 N–H and O–H groups in total. The third-order valence-corrected chi connectivity index (χ3v) is 4.16. The van der Waals surface area contributed by atoms with Crippen molar-refractivity contribution in [1.82, 2.24) is 0 Å². The lowest BCUT2D eigenvalue weighted by Crippen LogP contribution is -1.90. The Morgan fingerprint density at radius 3 is 2.45 bits per heavy atom. The Hall–Kier alpha value is -1.56. The van der Waals surface area contributed by atoms with Gasteiger partial charge in [0.25, 0.3) is 5.69 Å². The molecule has 0 aliphatic heterocycles. The van der Waals surface area contributed by atoms with Crippen LogP contribution in [0.15, 0.2) is 47.4 Å². The maximum absolute atomic E-state index is 10.6. The Morgan fingerprint density at radius 2 is 1.90 bits per heavy atom. The SMILES string of the molecule is O=[N+]([O-])c1ccc(CSc2ccc(CO)cc2)c(Cl)c1. The van der Waals surface area contributed by atoms with Crippen LogP contribution in [0.5, 0.6) is 0 Å². The number of nitro groups is 1. The van der Waals surface area contributed by atoms with Gasteiger partial charge in [0, 0.05) is 22.8 Å². The van der Waals surface area contributed by atoms with E-state index in [9.17, 15) is 10.1 Å². The lowest BCUT2D eigenvalue weighted by atomic mass is 10.2. The second kappa shape index (κ2) is 6.74. The first-order valence-corrected chi connectivity index (χ1v) is 7.22. The van der Waals surface area contributed by atoms with E-state index < -0.39 is 4.92 Å². The Bertz CT molecular complexity index is 616. The van der Waals surface area contributed by atoms with Crippen LogP contribution in [0.1, 0.15) is 11.1 Å². The average molecular weight is 310 g/mol. The molecule has 6 heteroatoms. The van der Waals surface area contributed by atoms with E-state index >= 15 is 0 Å². The second-order valence-electron chi connectivity index (χ2n) is 4.12. The summed E-state index contributed by atoms with van der Waals surface area (Å²) in [6, 6.07) is 12.1. The molecule has 4 nitrogen and oxygen atoms in total. The number of benzene rings is 2. The molecular formula is C14H12ClNO3S. The van der Waals surface area contributed by atoms with Crippen molar-refractivity contribution < 1.29 is 10.0 Å². The van der Waals surface area contributed by atoms with Crippen molar-refractivity contribution in [3.05, 3.63) is 68.7 Å². The molecule has 20 heavy (non-hydrogen) atoms. The number of non-ortho nitro benzene ring substituents is 1. The minimum absolute atomic E-state index is 0.00366. The number of thioether (sulfide) groups is 1. The van der Waals surface area contributed by atoms with Crippen LogP contribution in [0.4, 0.5) is 5.69 Å². The van der Waals surface area contributed by atoms with Gasteiger partial charge in [-0.3, -0.25) is 10.1 Å². The predicted octanol–water partition coefficient (Wildman–Crippen LogP) is 4.03. The van der Waals surface area contributed by atoms with E-state index in [4.69, 9.17) is 16.7 Å². The lowest BCUT2D eigenvalue weighted by molar-refractivity contribution is -0.384. The molecule has 0 atom stereocenters. The molecule has 2 aromatic carbocycles. The fourth-order valence-corrected chi connectivity index (χ4v) is 2.84. The highest BCUT2D eigenvalue weighted by Crippen LogP contribution is 2.29. The fourth-order valence-electron chi connectivity index (χ4n) is 1.62. The van der Waals surface area contributed by atoms with Crippen molar-refractivity contribution in [2.75, 3.05) is 0 Å². The zero-order chi connectivity index (χ0) is 14.5. The first kappa shape index (κ1) is 14.8. The molecule has 0 aliphatic rings. The monoisotopic (exact) mass is 309 g/mol. The van der Waals surface area contributed by atoms with Gasteiger partial charge in [0.05, 0.1) is 16.6 Å². The van der Waals surface area contributed by atoms with Crippen LogP contribution in [0.25, 0.3) is 0 Å². The fraction of sp³-hybridized carbons (Fsp3) is 0.143. The van der Waals surface area contributed by atoms with E-state index in [1.165, 1.54) is 12.1 Å². The van der Waals surface area contributed by atoms with Crippen molar-refractivity contribution in [1.29, 1.82) is 0 Å². The summed E-state index contributed by atoms with van der Waals surface area (Å²) in [6.07, 6.45) is 0. The normalized spacial score (nSPS) is 10.5. The molecule has 0 aromatic heterocycles. The molecule has 0 bridgehead atoms. The van der Waals surface area contributed by atoms with Crippen LogP contribution in [-0.4, -0.2) is 10.0 Å². The molecule has 0 spiro atoms. The molecule has 0 fully saturated rings. The Labute approximate surface area is 125 Å². The minimum Gasteiger partial charge on any atom is -0.392 e. The Morgan fingerprint density at radius 1 is 1.20 bits per heavy atom. The summed E-state index contributed by atoms with van der Waals surface area (Å²) >= 11 is 7.62. The molecule has 0 amide bonds. The number of halogens is 1. The standard InChI is InChI=1S/C14H12ClNO3S/c15-14-7-12(16(18)19)4-3-11(14)9-20-13-5-1-10(8-17)2-6-13/h1-7,17H,8-9H2. The van der Waals surface area contributed by atoms with Gasteiger partial charge in [0.15, 0.2) is 0 Å². The molecule has 104 valence electrons. The predicted molar refractivity (Wildman–Crippen MR) is 80.0 cm³/mol. The van der Waals surface area contributed by atoms with Gasteiger partial charge < -0.3 is 5.11 Å². The van der Waals surface area contributed by atoms with Crippen LogP contribution < -0.4 is 0 Å². The quantitative estimate of drug-likeness (QED) is 0.514. The molecule has 0 heterocycles. The summed E-state index contributed by atoms with van der Waals surface area (Å²) in [4.78, 5) is 11.2. The van der Waals surface area contributed by atoms with Crippen molar-refractivity contribution in [3.8, 4) is 0 Å². The first-order valence-electron chi connectivity index (χ1n) is 5.85. The van der Waals surface area contributed by atoms with Crippen molar-refractivity contribution in [2.24, 2.45) is 0 Å². The van der Waals surface area contributed by atoms with Gasteiger partial charge in [-0.25, -0.2) is 0 Å². The van der Waals surface area contributed by atoms with Gasteiger partial charge in [-0.05, 0) is 29.3 Å². The highest BCUT2D eigenvalue weighted by Gasteiger charge is 2.09. The maximum atomic E-state index is 10.6. The van der Waals surface area contributed by atoms with Crippen molar-refractivity contribution in [2.45, 2.75) is 17.3 Å². The van der Waals surface area contributed by atoms with Crippen LogP contribution in [-0.2, 0) is 12.4 Å². The van der Waals surface area contributed by atoms with Gasteiger partial charge >= 0.3 is 0 Å². The van der Waals surface area contributed by atoms with Crippen molar-refractivity contribution in [3.63, 3.8) is 0 Å².